The van der Waals surface area contributed by atoms with Crippen molar-refractivity contribution in [2.75, 3.05) is 4.72 Å². The molecule has 0 aromatic heterocycles. The minimum absolute atomic E-state index is 0.192. The van der Waals surface area contributed by atoms with Crippen molar-refractivity contribution >= 4 is 63.5 Å². The summed E-state index contributed by atoms with van der Waals surface area (Å²) in [6.07, 6.45) is 0. The summed E-state index contributed by atoms with van der Waals surface area (Å²) < 4.78 is 29.8. The van der Waals surface area contributed by atoms with E-state index in [1.54, 1.807) is 18.2 Å². The molecule has 112 valence electrons. The highest BCUT2D eigenvalue weighted by atomic mass is 79.9. The van der Waals surface area contributed by atoms with Gasteiger partial charge in [-0.25, -0.2) is 8.42 Å². The SMILES string of the molecule is Cc1cc(C)c(NS(=O)(=O)c2ccc(Br)cc2Br)c(Br)c1. The number of sulfonamides is 1. The zero-order valence-corrected chi connectivity index (χ0v) is 16.8. The molecule has 21 heavy (non-hydrogen) atoms. The molecular weight excluding hydrogens is 486 g/mol. The number of hydrogen-bond acceptors (Lipinski definition) is 2. The van der Waals surface area contributed by atoms with Crippen LogP contribution >= 0.6 is 47.8 Å². The second kappa shape index (κ2) is 6.40. The first-order valence-corrected chi connectivity index (χ1v) is 9.81. The Kier molecular flexibility index (Phi) is 5.18. The van der Waals surface area contributed by atoms with Crippen molar-refractivity contribution in [2.24, 2.45) is 0 Å². The maximum Gasteiger partial charge on any atom is 0.263 e. The van der Waals surface area contributed by atoms with Crippen LogP contribution in [0.15, 0.2) is 48.6 Å². The Morgan fingerprint density at radius 1 is 0.952 bits per heavy atom. The molecule has 0 saturated heterocycles. The lowest BCUT2D eigenvalue weighted by molar-refractivity contribution is 0.600. The van der Waals surface area contributed by atoms with Crippen molar-refractivity contribution in [3.63, 3.8) is 0 Å². The first-order chi connectivity index (χ1) is 9.70. The maximum absolute atomic E-state index is 12.5. The first-order valence-electron chi connectivity index (χ1n) is 5.95. The minimum Gasteiger partial charge on any atom is -0.278 e. The van der Waals surface area contributed by atoms with Crippen molar-refractivity contribution < 1.29 is 8.42 Å². The Labute approximate surface area is 149 Å². The molecule has 0 amide bonds. The van der Waals surface area contributed by atoms with Gasteiger partial charge in [-0.3, -0.25) is 4.72 Å². The van der Waals surface area contributed by atoms with Gasteiger partial charge in [0.1, 0.15) is 4.90 Å². The fourth-order valence-electron chi connectivity index (χ4n) is 1.93. The topological polar surface area (TPSA) is 46.2 Å². The lowest BCUT2D eigenvalue weighted by Gasteiger charge is -2.14. The van der Waals surface area contributed by atoms with E-state index in [9.17, 15) is 8.42 Å². The van der Waals surface area contributed by atoms with E-state index < -0.39 is 10.0 Å². The van der Waals surface area contributed by atoms with E-state index in [1.165, 1.54) is 0 Å². The summed E-state index contributed by atoms with van der Waals surface area (Å²) in [5.74, 6) is 0. The van der Waals surface area contributed by atoms with Crippen molar-refractivity contribution in [3.8, 4) is 0 Å². The third kappa shape index (κ3) is 3.88. The molecule has 0 saturated carbocycles. The van der Waals surface area contributed by atoms with Crippen LogP contribution in [0.1, 0.15) is 11.1 Å². The summed E-state index contributed by atoms with van der Waals surface area (Å²) in [5, 5.41) is 0. The van der Waals surface area contributed by atoms with Gasteiger partial charge in [-0.2, -0.15) is 0 Å². The van der Waals surface area contributed by atoms with E-state index in [0.29, 0.717) is 10.2 Å². The Hall–Kier alpha value is -0.370. The lowest BCUT2D eigenvalue weighted by atomic mass is 10.1. The summed E-state index contributed by atoms with van der Waals surface area (Å²) >= 11 is 10.00. The lowest BCUT2D eigenvalue weighted by Crippen LogP contribution is -2.15. The standard InChI is InChI=1S/C14H12Br3NO2S/c1-8-5-9(2)14(12(17)6-8)18-21(19,20)13-4-3-10(15)7-11(13)16/h3-7,18H,1-2H3. The molecule has 0 aliphatic rings. The normalized spacial score (nSPS) is 11.5. The van der Waals surface area contributed by atoms with Crippen LogP contribution in [0.2, 0.25) is 0 Å². The highest BCUT2D eigenvalue weighted by molar-refractivity contribution is 9.11. The van der Waals surface area contributed by atoms with Gasteiger partial charge in [0, 0.05) is 13.4 Å². The Morgan fingerprint density at radius 2 is 1.62 bits per heavy atom. The molecule has 3 nitrogen and oxygen atoms in total. The number of aryl methyl sites for hydroxylation is 2. The van der Waals surface area contributed by atoms with Crippen LogP contribution in [0.5, 0.6) is 0 Å². The maximum atomic E-state index is 12.5. The predicted molar refractivity (Wildman–Crippen MR) is 96.3 cm³/mol. The second-order valence-corrected chi connectivity index (χ2v) is 8.89. The molecular formula is C14H12Br3NO2S. The van der Waals surface area contributed by atoms with E-state index in [2.05, 4.69) is 52.5 Å². The van der Waals surface area contributed by atoms with E-state index in [0.717, 1.165) is 20.1 Å². The van der Waals surface area contributed by atoms with Crippen LogP contribution in [0.25, 0.3) is 0 Å². The number of rotatable bonds is 3. The largest absolute Gasteiger partial charge is 0.278 e. The van der Waals surface area contributed by atoms with Gasteiger partial charge in [0.15, 0.2) is 0 Å². The van der Waals surface area contributed by atoms with E-state index >= 15 is 0 Å². The molecule has 7 heteroatoms. The average molecular weight is 498 g/mol. The predicted octanol–water partition coefficient (Wildman–Crippen LogP) is 5.39. The van der Waals surface area contributed by atoms with Gasteiger partial charge < -0.3 is 0 Å². The number of anilines is 1. The van der Waals surface area contributed by atoms with E-state index in [4.69, 9.17) is 0 Å². The van der Waals surface area contributed by atoms with Crippen LogP contribution in [0.3, 0.4) is 0 Å². The second-order valence-electron chi connectivity index (χ2n) is 4.62. The first kappa shape index (κ1) is 17.0. The number of halogens is 3. The molecule has 2 rings (SSSR count). The summed E-state index contributed by atoms with van der Waals surface area (Å²) in [4.78, 5) is 0.192. The molecule has 0 aliphatic heterocycles. The van der Waals surface area contributed by atoms with E-state index in [1.807, 2.05) is 26.0 Å². The fourth-order valence-corrected chi connectivity index (χ4v) is 5.73. The summed E-state index contributed by atoms with van der Waals surface area (Å²) in [6.45, 7) is 3.83. The molecule has 1 N–H and O–H groups in total. The van der Waals surface area contributed by atoms with Gasteiger partial charge in [0.2, 0.25) is 0 Å². The summed E-state index contributed by atoms with van der Waals surface area (Å²) in [7, 11) is -3.67. The molecule has 0 unspecified atom stereocenters. The zero-order chi connectivity index (χ0) is 15.8. The van der Waals surface area contributed by atoms with Crippen molar-refractivity contribution in [1.82, 2.24) is 0 Å². The average Bonchev–Trinajstić information content (AvgIpc) is 2.33. The van der Waals surface area contributed by atoms with Crippen LogP contribution in [-0.4, -0.2) is 8.42 Å². The van der Waals surface area contributed by atoms with Gasteiger partial charge >= 0.3 is 0 Å². The van der Waals surface area contributed by atoms with Crippen LogP contribution in [-0.2, 0) is 10.0 Å². The van der Waals surface area contributed by atoms with Gasteiger partial charge in [-0.05, 0) is 81.1 Å². The highest BCUT2D eigenvalue weighted by Gasteiger charge is 2.20. The molecule has 2 aromatic carbocycles. The molecule has 0 bridgehead atoms. The van der Waals surface area contributed by atoms with E-state index in [-0.39, 0.29) is 4.90 Å². The van der Waals surface area contributed by atoms with Crippen molar-refractivity contribution in [2.45, 2.75) is 18.7 Å². The van der Waals surface area contributed by atoms with Gasteiger partial charge in [0.25, 0.3) is 10.0 Å². The fraction of sp³-hybridized carbons (Fsp3) is 0.143. The quantitative estimate of drug-likeness (QED) is 0.618. The minimum atomic E-state index is -3.67. The van der Waals surface area contributed by atoms with Gasteiger partial charge in [-0.15, -0.1) is 0 Å². The summed E-state index contributed by atoms with van der Waals surface area (Å²) in [6, 6.07) is 8.75. The number of hydrogen-bond donors (Lipinski definition) is 1. The molecule has 0 spiro atoms. The summed E-state index contributed by atoms with van der Waals surface area (Å²) in [5.41, 5.74) is 2.47. The van der Waals surface area contributed by atoms with Crippen LogP contribution < -0.4 is 4.72 Å². The molecule has 0 aliphatic carbocycles. The molecule has 0 radical (unpaired) electrons. The Bertz CT molecular complexity index is 781. The monoisotopic (exact) mass is 495 g/mol. The Morgan fingerprint density at radius 3 is 2.19 bits per heavy atom. The number of benzene rings is 2. The zero-order valence-electron chi connectivity index (χ0n) is 11.2. The smallest absolute Gasteiger partial charge is 0.263 e. The third-order valence-corrected chi connectivity index (χ3v) is 6.30. The van der Waals surface area contributed by atoms with Crippen LogP contribution in [0.4, 0.5) is 5.69 Å². The third-order valence-electron chi connectivity index (χ3n) is 2.85. The van der Waals surface area contributed by atoms with Gasteiger partial charge in [-0.1, -0.05) is 22.0 Å². The van der Waals surface area contributed by atoms with Crippen LogP contribution in [0, 0.1) is 13.8 Å². The Balaban J connectivity index is 2.47. The molecule has 2 aromatic rings. The molecule has 0 heterocycles. The molecule has 0 atom stereocenters. The van der Waals surface area contributed by atoms with Crippen molar-refractivity contribution in [3.05, 3.63) is 54.9 Å². The molecule has 0 fully saturated rings. The van der Waals surface area contributed by atoms with Crippen molar-refractivity contribution in [1.29, 1.82) is 0 Å². The highest BCUT2D eigenvalue weighted by Crippen LogP contribution is 2.32. The number of nitrogens with one attached hydrogen (secondary N) is 1. The van der Waals surface area contributed by atoms with Gasteiger partial charge in [0.05, 0.1) is 5.69 Å².